The minimum atomic E-state index is 0.732. The summed E-state index contributed by atoms with van der Waals surface area (Å²) in [6, 6.07) is 18.1. The van der Waals surface area contributed by atoms with Crippen LogP contribution in [0.4, 0.5) is 5.82 Å². The van der Waals surface area contributed by atoms with E-state index in [-0.39, 0.29) is 0 Å². The highest BCUT2D eigenvalue weighted by Crippen LogP contribution is 2.18. The van der Waals surface area contributed by atoms with Crippen LogP contribution in [0.15, 0.2) is 66.0 Å². The fraction of sp³-hybridized carbons (Fsp3) is 0.167. The predicted molar refractivity (Wildman–Crippen MR) is 91.0 cm³/mol. The number of hydrazone groups is 1. The van der Waals surface area contributed by atoms with Crippen molar-refractivity contribution in [3.8, 4) is 0 Å². The van der Waals surface area contributed by atoms with Gasteiger partial charge in [-0.1, -0.05) is 55.8 Å². The molecule has 110 valence electrons. The zero-order valence-electron chi connectivity index (χ0n) is 12.5. The molecule has 0 saturated heterocycles. The maximum Gasteiger partial charge on any atom is 0.157 e. The standard InChI is InChI=1S/C18H18N4/c1-2-8-16(14-9-4-3-5-10-14)21-22-18-15-11-6-7-12-17(15)19-13-20-18/h3-7,9-13H,2,8H2,1H3,(H,19,20,22). The first-order valence-electron chi connectivity index (χ1n) is 7.46. The number of anilines is 1. The molecule has 0 aliphatic carbocycles. The van der Waals surface area contributed by atoms with Crippen molar-refractivity contribution >= 4 is 22.4 Å². The van der Waals surface area contributed by atoms with Crippen LogP contribution in [0.25, 0.3) is 10.9 Å². The van der Waals surface area contributed by atoms with Crippen LogP contribution in [-0.4, -0.2) is 15.7 Å². The Hall–Kier alpha value is -2.75. The lowest BCUT2D eigenvalue weighted by Gasteiger charge is -2.08. The van der Waals surface area contributed by atoms with E-state index in [2.05, 4.69) is 39.6 Å². The number of nitrogens with one attached hydrogen (secondary N) is 1. The summed E-state index contributed by atoms with van der Waals surface area (Å²) in [7, 11) is 0. The molecular formula is C18H18N4. The summed E-state index contributed by atoms with van der Waals surface area (Å²) in [6.45, 7) is 2.15. The van der Waals surface area contributed by atoms with Crippen molar-refractivity contribution in [2.75, 3.05) is 5.43 Å². The molecule has 0 saturated carbocycles. The molecule has 0 spiro atoms. The average molecular weight is 290 g/mol. The van der Waals surface area contributed by atoms with Gasteiger partial charge in [-0.2, -0.15) is 5.10 Å². The van der Waals surface area contributed by atoms with Crippen LogP contribution in [0, 0.1) is 0 Å². The monoisotopic (exact) mass is 290 g/mol. The summed E-state index contributed by atoms with van der Waals surface area (Å²) >= 11 is 0. The van der Waals surface area contributed by atoms with Gasteiger partial charge in [0, 0.05) is 5.39 Å². The van der Waals surface area contributed by atoms with Gasteiger partial charge in [-0.25, -0.2) is 9.97 Å². The molecule has 0 aliphatic heterocycles. The van der Waals surface area contributed by atoms with E-state index in [1.165, 1.54) is 0 Å². The van der Waals surface area contributed by atoms with E-state index in [1.54, 1.807) is 6.33 Å². The van der Waals surface area contributed by atoms with Crippen LogP contribution >= 0.6 is 0 Å². The first-order chi connectivity index (χ1) is 10.9. The van der Waals surface area contributed by atoms with Gasteiger partial charge in [-0.05, 0) is 24.1 Å². The Labute approximate surface area is 129 Å². The molecule has 0 fully saturated rings. The van der Waals surface area contributed by atoms with E-state index in [1.807, 2.05) is 42.5 Å². The molecule has 0 atom stereocenters. The van der Waals surface area contributed by atoms with E-state index < -0.39 is 0 Å². The smallest absolute Gasteiger partial charge is 0.157 e. The van der Waals surface area contributed by atoms with Gasteiger partial charge in [0.25, 0.3) is 0 Å². The number of rotatable bonds is 5. The lowest BCUT2D eigenvalue weighted by atomic mass is 10.1. The Balaban J connectivity index is 1.93. The SMILES string of the molecule is CCCC(=NNc1ncnc2ccccc12)c1ccccc1. The zero-order chi connectivity index (χ0) is 15.2. The molecule has 1 heterocycles. The van der Waals surface area contributed by atoms with Crippen LogP contribution in [0.2, 0.25) is 0 Å². The number of benzene rings is 2. The van der Waals surface area contributed by atoms with Crippen molar-refractivity contribution in [1.29, 1.82) is 0 Å². The number of aromatic nitrogens is 2. The Morgan fingerprint density at radius 3 is 2.59 bits per heavy atom. The van der Waals surface area contributed by atoms with Crippen molar-refractivity contribution in [1.82, 2.24) is 9.97 Å². The molecule has 3 aromatic rings. The van der Waals surface area contributed by atoms with Crippen LogP contribution in [0.3, 0.4) is 0 Å². The zero-order valence-corrected chi connectivity index (χ0v) is 12.5. The highest BCUT2D eigenvalue weighted by Gasteiger charge is 2.04. The second-order valence-corrected chi connectivity index (χ2v) is 5.03. The number of para-hydroxylation sites is 1. The Bertz CT molecular complexity index is 776. The topological polar surface area (TPSA) is 50.2 Å². The van der Waals surface area contributed by atoms with Crippen LogP contribution < -0.4 is 5.43 Å². The predicted octanol–water partition coefficient (Wildman–Crippen LogP) is 4.25. The minimum Gasteiger partial charge on any atom is -0.260 e. The normalized spacial score (nSPS) is 11.6. The third-order valence-electron chi connectivity index (χ3n) is 3.43. The van der Waals surface area contributed by atoms with Gasteiger partial charge >= 0.3 is 0 Å². The van der Waals surface area contributed by atoms with Gasteiger partial charge < -0.3 is 0 Å². The van der Waals surface area contributed by atoms with E-state index in [4.69, 9.17) is 0 Å². The van der Waals surface area contributed by atoms with Crippen LogP contribution in [-0.2, 0) is 0 Å². The molecule has 0 radical (unpaired) electrons. The van der Waals surface area contributed by atoms with Gasteiger partial charge in [0.1, 0.15) is 6.33 Å². The van der Waals surface area contributed by atoms with E-state index in [0.29, 0.717) is 0 Å². The van der Waals surface area contributed by atoms with E-state index in [9.17, 15) is 0 Å². The van der Waals surface area contributed by atoms with Crippen molar-refractivity contribution in [3.63, 3.8) is 0 Å². The number of hydrogen-bond acceptors (Lipinski definition) is 4. The van der Waals surface area contributed by atoms with Crippen molar-refractivity contribution < 1.29 is 0 Å². The minimum absolute atomic E-state index is 0.732. The van der Waals surface area contributed by atoms with E-state index >= 15 is 0 Å². The summed E-state index contributed by atoms with van der Waals surface area (Å²) in [6.07, 6.45) is 3.52. The Morgan fingerprint density at radius 1 is 1.00 bits per heavy atom. The third-order valence-corrected chi connectivity index (χ3v) is 3.43. The molecule has 2 aromatic carbocycles. The summed E-state index contributed by atoms with van der Waals surface area (Å²) < 4.78 is 0. The molecule has 1 aromatic heterocycles. The molecule has 0 bridgehead atoms. The Kier molecular flexibility index (Phi) is 4.39. The van der Waals surface area contributed by atoms with Crippen LogP contribution in [0.1, 0.15) is 25.3 Å². The Morgan fingerprint density at radius 2 is 1.77 bits per heavy atom. The summed E-state index contributed by atoms with van der Waals surface area (Å²) in [5.74, 6) is 0.732. The first kappa shape index (κ1) is 14.2. The quantitative estimate of drug-likeness (QED) is 0.564. The second-order valence-electron chi connectivity index (χ2n) is 5.03. The van der Waals surface area contributed by atoms with Gasteiger partial charge in [0.15, 0.2) is 5.82 Å². The molecular weight excluding hydrogens is 272 g/mol. The third kappa shape index (κ3) is 3.11. The maximum atomic E-state index is 4.58. The van der Waals surface area contributed by atoms with Crippen LogP contribution in [0.5, 0.6) is 0 Å². The molecule has 0 unspecified atom stereocenters. The molecule has 4 heteroatoms. The largest absolute Gasteiger partial charge is 0.260 e. The highest BCUT2D eigenvalue weighted by atomic mass is 15.3. The molecule has 1 N–H and O–H groups in total. The average Bonchev–Trinajstić information content (AvgIpc) is 2.59. The molecule has 3 rings (SSSR count). The van der Waals surface area contributed by atoms with Gasteiger partial charge in [0.2, 0.25) is 0 Å². The van der Waals surface area contributed by atoms with Crippen molar-refractivity contribution in [2.24, 2.45) is 5.10 Å². The number of hydrogen-bond donors (Lipinski definition) is 1. The molecule has 4 nitrogen and oxygen atoms in total. The highest BCUT2D eigenvalue weighted by molar-refractivity contribution is 6.01. The summed E-state index contributed by atoms with van der Waals surface area (Å²) in [5, 5.41) is 5.55. The fourth-order valence-electron chi connectivity index (χ4n) is 2.35. The van der Waals surface area contributed by atoms with Crippen molar-refractivity contribution in [2.45, 2.75) is 19.8 Å². The maximum absolute atomic E-state index is 4.58. The molecule has 0 amide bonds. The lowest BCUT2D eigenvalue weighted by molar-refractivity contribution is 0.986. The lowest BCUT2D eigenvalue weighted by Crippen LogP contribution is -2.05. The van der Waals surface area contributed by atoms with Gasteiger partial charge in [0.05, 0.1) is 11.2 Å². The van der Waals surface area contributed by atoms with Crippen molar-refractivity contribution in [3.05, 3.63) is 66.5 Å². The van der Waals surface area contributed by atoms with Gasteiger partial charge in [-0.3, -0.25) is 5.43 Å². The number of fused-ring (bicyclic) bond motifs is 1. The summed E-state index contributed by atoms with van der Waals surface area (Å²) in [5.41, 5.74) is 6.18. The first-order valence-corrected chi connectivity index (χ1v) is 7.46. The second kappa shape index (κ2) is 6.80. The van der Waals surface area contributed by atoms with E-state index in [0.717, 1.165) is 40.8 Å². The van der Waals surface area contributed by atoms with Gasteiger partial charge in [-0.15, -0.1) is 0 Å². The summed E-state index contributed by atoms with van der Waals surface area (Å²) in [4.78, 5) is 8.57. The number of nitrogens with zero attached hydrogens (tertiary/aromatic N) is 3. The molecule has 0 aliphatic rings. The molecule has 22 heavy (non-hydrogen) atoms. The fourth-order valence-corrected chi connectivity index (χ4v) is 2.35.